The van der Waals surface area contributed by atoms with Crippen molar-refractivity contribution in [3.63, 3.8) is 0 Å². The number of benzene rings is 1. The van der Waals surface area contributed by atoms with Gasteiger partial charge in [-0.05, 0) is 99.9 Å². The molecule has 0 saturated heterocycles. The molecule has 0 unspecified atom stereocenters. The lowest BCUT2D eigenvalue weighted by molar-refractivity contribution is -0.135. The van der Waals surface area contributed by atoms with Gasteiger partial charge < -0.3 is 10.1 Å². The molecule has 2 aliphatic rings. The molecule has 1 aromatic heterocycles. The Kier molecular flexibility index (Phi) is 9.06. The monoisotopic (exact) mass is 566 g/mol. The van der Waals surface area contributed by atoms with Crippen LogP contribution in [0.5, 0.6) is 5.75 Å². The lowest BCUT2D eigenvalue weighted by Crippen LogP contribution is -2.46. The van der Waals surface area contributed by atoms with E-state index in [0.29, 0.717) is 18.8 Å². The van der Waals surface area contributed by atoms with Crippen LogP contribution in [0, 0.1) is 10.8 Å². The van der Waals surface area contributed by atoms with Gasteiger partial charge in [-0.25, -0.2) is 5.01 Å². The number of ether oxygens (including phenoxy) is 1. The lowest BCUT2D eigenvalue weighted by Gasteiger charge is -2.25. The Morgan fingerprint density at radius 3 is 2.26 bits per heavy atom. The summed E-state index contributed by atoms with van der Waals surface area (Å²) in [5.41, 5.74) is 9.84. The molecule has 7 heteroatoms. The predicted octanol–water partition coefficient (Wildman–Crippen LogP) is 6.33. The predicted molar refractivity (Wildman–Crippen MR) is 166 cm³/mol. The third kappa shape index (κ3) is 7.55. The van der Waals surface area contributed by atoms with Crippen LogP contribution in [0.15, 0.2) is 88.7 Å². The number of rotatable bonds is 11. The van der Waals surface area contributed by atoms with E-state index in [1.165, 1.54) is 0 Å². The van der Waals surface area contributed by atoms with Crippen molar-refractivity contribution in [2.45, 2.75) is 79.9 Å². The van der Waals surface area contributed by atoms with Crippen molar-refractivity contribution in [3.8, 4) is 5.75 Å². The molecule has 2 amide bonds. The normalized spacial score (nSPS) is 16.2. The second kappa shape index (κ2) is 12.4. The summed E-state index contributed by atoms with van der Waals surface area (Å²) in [4.78, 5) is 29.9. The molecule has 0 saturated carbocycles. The Bertz CT molecular complexity index is 1480. The van der Waals surface area contributed by atoms with E-state index >= 15 is 0 Å². The van der Waals surface area contributed by atoms with Crippen molar-refractivity contribution >= 4 is 17.5 Å². The number of aromatic nitrogens is 1. The average molecular weight is 567 g/mol. The topological polar surface area (TPSA) is 83.9 Å². The van der Waals surface area contributed by atoms with Gasteiger partial charge >= 0.3 is 0 Å². The van der Waals surface area contributed by atoms with Gasteiger partial charge in [0, 0.05) is 30.1 Å². The van der Waals surface area contributed by atoms with Crippen molar-refractivity contribution in [1.82, 2.24) is 15.3 Å². The first-order valence-corrected chi connectivity index (χ1v) is 14.5. The van der Waals surface area contributed by atoms with E-state index in [0.717, 1.165) is 47.2 Å². The molecule has 42 heavy (non-hydrogen) atoms. The van der Waals surface area contributed by atoms with Gasteiger partial charge in [0.05, 0.1) is 17.7 Å². The fraction of sp³-hybridized carbons (Fsp3) is 0.429. The molecule has 0 spiro atoms. The molecule has 1 aromatic carbocycles. The van der Waals surface area contributed by atoms with Gasteiger partial charge in [-0.2, -0.15) is 5.10 Å². The Morgan fingerprint density at radius 1 is 0.952 bits per heavy atom. The number of hydrazone groups is 1. The van der Waals surface area contributed by atoms with Crippen LogP contribution >= 0.6 is 0 Å². The van der Waals surface area contributed by atoms with E-state index in [4.69, 9.17) is 9.84 Å². The fourth-order valence-corrected chi connectivity index (χ4v) is 4.76. The first-order valence-electron chi connectivity index (χ1n) is 14.5. The van der Waals surface area contributed by atoms with E-state index < -0.39 is 11.0 Å². The third-order valence-electron chi connectivity index (χ3n) is 7.59. The first-order chi connectivity index (χ1) is 19.8. The van der Waals surface area contributed by atoms with Gasteiger partial charge in [0.15, 0.2) is 5.60 Å². The number of nitrogens with zero attached hydrogens (tertiary/aromatic N) is 3. The molecule has 2 aromatic rings. The van der Waals surface area contributed by atoms with E-state index in [-0.39, 0.29) is 17.2 Å². The number of nitrogens with one attached hydrogen (secondary N) is 1. The van der Waals surface area contributed by atoms with E-state index in [1.54, 1.807) is 31.3 Å². The first kappa shape index (κ1) is 30.8. The van der Waals surface area contributed by atoms with Crippen molar-refractivity contribution < 1.29 is 14.3 Å². The molecule has 0 bridgehead atoms. The number of carbonyl (C=O) groups excluding carboxylic acids is 2. The second-order valence-corrected chi connectivity index (χ2v) is 13.0. The average Bonchev–Trinajstić information content (AvgIpc) is 3.15. The molecule has 1 aliphatic heterocycles. The SMILES string of the molecule is CC(C)(C)C1=C=C=C(CN2N=C(CCCc3ccc(OC(C)(C)C(=O)NCc4ccncc4)cc3)C(C)(C)C2=O)C=C1. The minimum atomic E-state index is -1.02. The van der Waals surface area contributed by atoms with E-state index in [9.17, 15) is 9.59 Å². The zero-order valence-corrected chi connectivity index (χ0v) is 25.9. The van der Waals surface area contributed by atoms with Crippen molar-refractivity contribution in [3.05, 3.63) is 94.7 Å². The summed E-state index contributed by atoms with van der Waals surface area (Å²) in [6.07, 6.45) is 9.91. The quantitative estimate of drug-likeness (QED) is 0.323. The largest absolute Gasteiger partial charge is 0.478 e. The maximum atomic E-state index is 13.2. The van der Waals surface area contributed by atoms with Crippen LogP contribution < -0.4 is 10.1 Å². The highest BCUT2D eigenvalue weighted by atomic mass is 16.5. The zero-order chi connectivity index (χ0) is 30.5. The number of amides is 2. The molecule has 0 fully saturated rings. The number of hydrogen-bond acceptors (Lipinski definition) is 5. The fourth-order valence-electron chi connectivity index (χ4n) is 4.76. The molecule has 1 N–H and O–H groups in total. The summed E-state index contributed by atoms with van der Waals surface area (Å²) in [7, 11) is 0. The van der Waals surface area contributed by atoms with Crippen LogP contribution in [-0.2, 0) is 22.6 Å². The van der Waals surface area contributed by atoms with Crippen LogP contribution in [0.25, 0.3) is 0 Å². The Labute approximate surface area is 249 Å². The lowest BCUT2D eigenvalue weighted by atomic mass is 9.84. The van der Waals surface area contributed by atoms with Crippen molar-refractivity contribution in [2.24, 2.45) is 15.9 Å². The third-order valence-corrected chi connectivity index (χ3v) is 7.59. The summed E-state index contributed by atoms with van der Waals surface area (Å²) in [5.74, 6) is 0.458. The molecular weight excluding hydrogens is 524 g/mol. The summed E-state index contributed by atoms with van der Waals surface area (Å²) < 4.78 is 6.02. The van der Waals surface area contributed by atoms with E-state index in [2.05, 4.69) is 48.6 Å². The number of aryl methyl sites for hydroxylation is 1. The minimum absolute atomic E-state index is 0.00723. The minimum Gasteiger partial charge on any atom is -0.478 e. The molecular formula is C35H42N4O3. The number of allylic oxidation sites excluding steroid dienone is 2. The highest BCUT2D eigenvalue weighted by Crippen LogP contribution is 2.32. The Balaban J connectivity index is 1.30. The Morgan fingerprint density at radius 2 is 1.64 bits per heavy atom. The summed E-state index contributed by atoms with van der Waals surface area (Å²) in [6.45, 7) is 14.7. The van der Waals surface area contributed by atoms with Crippen molar-refractivity contribution in [1.29, 1.82) is 0 Å². The second-order valence-electron chi connectivity index (χ2n) is 13.0. The summed E-state index contributed by atoms with van der Waals surface area (Å²) in [5, 5.41) is 9.23. The molecule has 1 aliphatic carbocycles. The zero-order valence-electron chi connectivity index (χ0n) is 25.9. The number of hydrogen-bond donors (Lipinski definition) is 1. The van der Waals surface area contributed by atoms with Crippen LogP contribution in [0.3, 0.4) is 0 Å². The standard InChI is InChI=1S/C35H42N4O3/c1-33(2,3)28-15-11-27(12-16-28)24-39-32(41)34(4,5)30(38-39)10-8-9-25-13-17-29(18-14-25)42-35(6,7)31(40)37-23-26-19-21-36-22-20-26/h11,13-15,17-22H,8-10,23-24H2,1-7H3,(H,37,40). The summed E-state index contributed by atoms with van der Waals surface area (Å²) in [6, 6.07) is 11.6. The van der Waals surface area contributed by atoms with E-state index in [1.807, 2.05) is 56.3 Å². The molecule has 7 nitrogen and oxygen atoms in total. The van der Waals surface area contributed by atoms with Gasteiger partial charge in [0.25, 0.3) is 11.8 Å². The molecule has 0 atom stereocenters. The molecule has 4 rings (SSSR count). The van der Waals surface area contributed by atoms with Crippen LogP contribution in [-0.4, -0.2) is 39.7 Å². The smallest absolute Gasteiger partial charge is 0.263 e. The van der Waals surface area contributed by atoms with Gasteiger partial charge in [0.2, 0.25) is 0 Å². The van der Waals surface area contributed by atoms with Gasteiger partial charge in [-0.3, -0.25) is 14.6 Å². The van der Waals surface area contributed by atoms with Crippen LogP contribution in [0.4, 0.5) is 0 Å². The highest BCUT2D eigenvalue weighted by molar-refractivity contribution is 6.11. The van der Waals surface area contributed by atoms with Gasteiger partial charge in [0.1, 0.15) is 5.75 Å². The molecule has 220 valence electrons. The maximum Gasteiger partial charge on any atom is 0.263 e. The highest BCUT2D eigenvalue weighted by Gasteiger charge is 2.42. The van der Waals surface area contributed by atoms with Gasteiger partial charge in [-0.15, -0.1) is 0 Å². The maximum absolute atomic E-state index is 13.2. The Hall–Kier alpha value is -4.18. The van der Waals surface area contributed by atoms with Crippen molar-refractivity contribution in [2.75, 3.05) is 6.54 Å². The van der Waals surface area contributed by atoms with Crippen LogP contribution in [0.2, 0.25) is 0 Å². The molecule has 2 heterocycles. The number of carbonyl (C=O) groups is 2. The summed E-state index contributed by atoms with van der Waals surface area (Å²) >= 11 is 0. The van der Waals surface area contributed by atoms with Gasteiger partial charge in [-0.1, -0.05) is 44.4 Å². The molecule has 0 radical (unpaired) electrons. The van der Waals surface area contributed by atoms with Crippen LogP contribution in [0.1, 0.15) is 72.4 Å². The number of pyridine rings is 1.